The zero-order valence-electron chi connectivity index (χ0n) is 14.3. The molecule has 0 radical (unpaired) electrons. The molecule has 0 atom stereocenters. The minimum absolute atomic E-state index is 0.00877. The first kappa shape index (κ1) is 17.2. The number of aromatic nitrogens is 2. The van der Waals surface area contributed by atoms with Crippen molar-refractivity contribution in [1.82, 2.24) is 14.7 Å². The van der Waals surface area contributed by atoms with Crippen LogP contribution in [0.25, 0.3) is 5.69 Å². The van der Waals surface area contributed by atoms with E-state index in [0.717, 1.165) is 18.2 Å². The number of carbonyl (C=O) groups is 1. The second-order valence-corrected chi connectivity index (χ2v) is 7.12. The summed E-state index contributed by atoms with van der Waals surface area (Å²) < 4.78 is 33.4. The number of rotatable bonds is 2. The standard InChI is InChI=1S/C17H20F2N4O2/c1-17(2,3)25-16(24)22-8-10(9-22)14-7-15(20)23(21-14)13-5-11(18)4-12(19)6-13/h4-7,10H,8-9,20H2,1-3H3. The molecule has 3 rings (SSSR count). The molecule has 25 heavy (non-hydrogen) atoms. The van der Waals surface area contributed by atoms with Crippen molar-refractivity contribution in [3.63, 3.8) is 0 Å². The Hall–Kier alpha value is -2.64. The smallest absolute Gasteiger partial charge is 0.410 e. The second kappa shape index (κ2) is 6.02. The third-order valence-electron chi connectivity index (χ3n) is 3.80. The number of nitrogens with zero attached hydrogens (tertiary/aromatic N) is 3. The Morgan fingerprint density at radius 1 is 1.20 bits per heavy atom. The maximum Gasteiger partial charge on any atom is 0.410 e. The lowest BCUT2D eigenvalue weighted by molar-refractivity contribution is 0.00785. The van der Waals surface area contributed by atoms with Crippen LogP contribution in [0.5, 0.6) is 0 Å². The highest BCUT2D eigenvalue weighted by molar-refractivity contribution is 5.69. The minimum atomic E-state index is -0.703. The van der Waals surface area contributed by atoms with Crippen LogP contribution < -0.4 is 5.73 Å². The molecule has 1 aromatic carbocycles. The summed E-state index contributed by atoms with van der Waals surface area (Å²) in [6.45, 7) is 6.35. The summed E-state index contributed by atoms with van der Waals surface area (Å²) in [5, 5.41) is 4.33. The fourth-order valence-corrected chi connectivity index (χ4v) is 2.62. The summed E-state index contributed by atoms with van der Waals surface area (Å²) >= 11 is 0. The van der Waals surface area contributed by atoms with Gasteiger partial charge in [0, 0.05) is 31.1 Å². The Morgan fingerprint density at radius 3 is 2.36 bits per heavy atom. The van der Waals surface area contributed by atoms with Gasteiger partial charge in [-0.2, -0.15) is 5.10 Å². The molecule has 1 aromatic heterocycles. The molecule has 1 aliphatic rings. The average Bonchev–Trinajstić information content (AvgIpc) is 2.75. The highest BCUT2D eigenvalue weighted by Gasteiger charge is 2.36. The normalized spacial score (nSPS) is 15.2. The largest absolute Gasteiger partial charge is 0.444 e. The first-order chi connectivity index (χ1) is 11.6. The predicted octanol–water partition coefficient (Wildman–Crippen LogP) is 3.07. The predicted molar refractivity (Wildman–Crippen MR) is 88.4 cm³/mol. The molecule has 1 aliphatic heterocycles. The van der Waals surface area contributed by atoms with Crippen molar-refractivity contribution in [3.8, 4) is 5.69 Å². The molecular formula is C17H20F2N4O2. The third kappa shape index (κ3) is 3.72. The van der Waals surface area contributed by atoms with Crippen LogP contribution in [0.2, 0.25) is 0 Å². The van der Waals surface area contributed by atoms with Gasteiger partial charge >= 0.3 is 6.09 Å². The Labute approximate surface area is 144 Å². The number of ether oxygens (including phenoxy) is 1. The average molecular weight is 350 g/mol. The van der Waals surface area contributed by atoms with Gasteiger partial charge in [0.05, 0.1) is 11.4 Å². The van der Waals surface area contributed by atoms with Gasteiger partial charge in [-0.1, -0.05) is 0 Å². The summed E-state index contributed by atoms with van der Waals surface area (Å²) in [7, 11) is 0. The van der Waals surface area contributed by atoms with Gasteiger partial charge in [0.15, 0.2) is 0 Å². The maximum atomic E-state index is 13.4. The maximum absolute atomic E-state index is 13.4. The van der Waals surface area contributed by atoms with E-state index in [1.165, 1.54) is 4.68 Å². The van der Waals surface area contributed by atoms with Crippen LogP contribution in [-0.2, 0) is 4.74 Å². The molecule has 8 heteroatoms. The Morgan fingerprint density at radius 2 is 1.80 bits per heavy atom. The molecule has 0 unspecified atom stereocenters. The van der Waals surface area contributed by atoms with Crippen molar-refractivity contribution in [3.05, 3.63) is 41.6 Å². The molecular weight excluding hydrogens is 330 g/mol. The van der Waals surface area contributed by atoms with Crippen LogP contribution in [0.1, 0.15) is 32.4 Å². The van der Waals surface area contributed by atoms with Gasteiger partial charge < -0.3 is 15.4 Å². The molecule has 0 saturated carbocycles. The summed E-state index contributed by atoms with van der Waals surface area (Å²) in [5.41, 5.74) is 6.25. The molecule has 0 bridgehead atoms. The van der Waals surface area contributed by atoms with Gasteiger partial charge in [-0.15, -0.1) is 0 Å². The van der Waals surface area contributed by atoms with E-state index in [1.807, 2.05) is 20.8 Å². The number of nitrogens with two attached hydrogens (primary N) is 1. The van der Waals surface area contributed by atoms with Crippen molar-refractivity contribution in [2.24, 2.45) is 0 Å². The van der Waals surface area contributed by atoms with Crippen LogP contribution in [0.15, 0.2) is 24.3 Å². The number of likely N-dealkylation sites (tertiary alicyclic amines) is 1. The van der Waals surface area contributed by atoms with Crippen molar-refractivity contribution < 1.29 is 18.3 Å². The van der Waals surface area contributed by atoms with Crippen LogP contribution in [-0.4, -0.2) is 39.5 Å². The number of nitrogen functional groups attached to an aromatic ring is 1. The number of anilines is 1. The van der Waals surface area contributed by atoms with Crippen LogP contribution in [0.4, 0.5) is 19.4 Å². The highest BCUT2D eigenvalue weighted by Crippen LogP contribution is 2.29. The zero-order chi connectivity index (χ0) is 18.4. The van der Waals surface area contributed by atoms with Gasteiger partial charge in [-0.05, 0) is 32.9 Å². The first-order valence-corrected chi connectivity index (χ1v) is 7.92. The van der Waals surface area contributed by atoms with Gasteiger partial charge in [0.25, 0.3) is 0 Å². The first-order valence-electron chi connectivity index (χ1n) is 7.92. The quantitative estimate of drug-likeness (QED) is 0.903. The molecule has 2 heterocycles. The van der Waals surface area contributed by atoms with Crippen molar-refractivity contribution in [2.45, 2.75) is 32.3 Å². The van der Waals surface area contributed by atoms with E-state index < -0.39 is 17.2 Å². The molecule has 1 amide bonds. The number of amides is 1. The zero-order valence-corrected chi connectivity index (χ0v) is 14.3. The van der Waals surface area contributed by atoms with Crippen molar-refractivity contribution in [2.75, 3.05) is 18.8 Å². The molecule has 1 saturated heterocycles. The monoisotopic (exact) mass is 350 g/mol. The summed E-state index contributed by atoms with van der Waals surface area (Å²) in [5.74, 6) is -1.12. The molecule has 0 aliphatic carbocycles. The van der Waals surface area contributed by atoms with Gasteiger partial charge in [0.1, 0.15) is 23.1 Å². The van der Waals surface area contributed by atoms with E-state index in [-0.39, 0.29) is 23.5 Å². The molecule has 0 spiro atoms. The molecule has 6 nitrogen and oxygen atoms in total. The topological polar surface area (TPSA) is 73.4 Å². The van der Waals surface area contributed by atoms with Crippen molar-refractivity contribution >= 4 is 11.9 Å². The fraction of sp³-hybridized carbons (Fsp3) is 0.412. The minimum Gasteiger partial charge on any atom is -0.444 e. The summed E-state index contributed by atoms with van der Waals surface area (Å²) in [4.78, 5) is 13.5. The van der Waals surface area contributed by atoms with Crippen LogP contribution in [0, 0.1) is 11.6 Å². The van der Waals surface area contributed by atoms with E-state index >= 15 is 0 Å². The number of carbonyl (C=O) groups excluding carboxylic acids is 1. The van der Waals surface area contributed by atoms with Crippen LogP contribution in [0.3, 0.4) is 0 Å². The molecule has 1 fully saturated rings. The van der Waals surface area contributed by atoms with Gasteiger partial charge in [-0.25, -0.2) is 18.3 Å². The van der Waals surface area contributed by atoms with E-state index in [1.54, 1.807) is 11.0 Å². The SMILES string of the molecule is CC(C)(C)OC(=O)N1CC(c2cc(N)n(-c3cc(F)cc(F)c3)n2)C1. The number of benzene rings is 1. The number of hydrogen-bond donors (Lipinski definition) is 1. The summed E-state index contributed by atoms with van der Waals surface area (Å²) in [6.07, 6.45) is -0.372. The molecule has 2 N–H and O–H groups in total. The third-order valence-corrected chi connectivity index (χ3v) is 3.80. The molecule has 134 valence electrons. The number of halogens is 2. The van der Waals surface area contributed by atoms with Crippen molar-refractivity contribution in [1.29, 1.82) is 0 Å². The van der Waals surface area contributed by atoms with E-state index in [2.05, 4.69) is 5.10 Å². The Kier molecular flexibility index (Phi) is 4.14. The van der Waals surface area contributed by atoms with E-state index in [4.69, 9.17) is 10.5 Å². The highest BCUT2D eigenvalue weighted by atomic mass is 19.1. The van der Waals surface area contributed by atoms with E-state index in [0.29, 0.717) is 18.8 Å². The second-order valence-electron chi connectivity index (χ2n) is 7.12. The van der Waals surface area contributed by atoms with E-state index in [9.17, 15) is 13.6 Å². The Bertz CT molecular complexity index is 787. The van der Waals surface area contributed by atoms with Crippen LogP contribution >= 0.6 is 0 Å². The lowest BCUT2D eigenvalue weighted by atomic mass is 9.97. The summed E-state index contributed by atoms with van der Waals surface area (Å²) in [6, 6.07) is 4.75. The van der Waals surface area contributed by atoms with Gasteiger partial charge in [0.2, 0.25) is 0 Å². The lowest BCUT2D eigenvalue weighted by Crippen LogP contribution is -2.50. The Balaban J connectivity index is 1.71. The van der Waals surface area contributed by atoms with Gasteiger partial charge in [-0.3, -0.25) is 0 Å². The number of hydrogen-bond acceptors (Lipinski definition) is 4. The molecule has 2 aromatic rings. The fourth-order valence-electron chi connectivity index (χ4n) is 2.62. The lowest BCUT2D eigenvalue weighted by Gasteiger charge is -2.38.